The fraction of sp³-hybridized carbons (Fsp3) is 1.00. The van der Waals surface area contributed by atoms with Crippen LogP contribution < -0.4 is 0 Å². The van der Waals surface area contributed by atoms with Crippen LogP contribution in [-0.4, -0.2) is 26.4 Å². The van der Waals surface area contributed by atoms with Gasteiger partial charge in [0.1, 0.15) is 0 Å². The molecule has 0 saturated carbocycles. The number of unbranched alkanes of at least 4 members (excludes halogenated alkanes) is 3. The zero-order chi connectivity index (χ0) is 12.3. The van der Waals surface area contributed by atoms with Gasteiger partial charge in [0.15, 0.2) is 0 Å². The Hall–Kier alpha value is -0.0800. The van der Waals surface area contributed by atoms with Gasteiger partial charge in [-0.3, -0.25) is 0 Å². The quantitative estimate of drug-likeness (QED) is 0.499. The molecule has 2 heteroatoms. The van der Waals surface area contributed by atoms with Crippen LogP contribution in [-0.2, 0) is 9.47 Å². The van der Waals surface area contributed by atoms with E-state index < -0.39 is 0 Å². The predicted molar refractivity (Wildman–Crippen MR) is 69.9 cm³/mol. The lowest BCUT2D eigenvalue weighted by atomic mass is 9.86. The monoisotopic (exact) mass is 230 g/mol. The Morgan fingerprint density at radius 1 is 0.812 bits per heavy atom. The van der Waals surface area contributed by atoms with E-state index in [0.717, 1.165) is 26.4 Å². The van der Waals surface area contributed by atoms with Gasteiger partial charge in [0.05, 0.1) is 13.2 Å². The molecule has 0 radical (unpaired) electrons. The first-order chi connectivity index (χ1) is 7.68. The van der Waals surface area contributed by atoms with Crippen molar-refractivity contribution in [3.8, 4) is 0 Å². The lowest BCUT2D eigenvalue weighted by Crippen LogP contribution is -2.29. The van der Waals surface area contributed by atoms with Gasteiger partial charge in [0.2, 0.25) is 0 Å². The lowest BCUT2D eigenvalue weighted by molar-refractivity contribution is -0.0122. The summed E-state index contributed by atoms with van der Waals surface area (Å²) < 4.78 is 11.1. The minimum absolute atomic E-state index is 0.208. The van der Waals surface area contributed by atoms with E-state index in [-0.39, 0.29) is 5.41 Å². The first kappa shape index (κ1) is 15.9. The highest BCUT2D eigenvalue weighted by Gasteiger charge is 2.24. The van der Waals surface area contributed by atoms with E-state index >= 15 is 0 Å². The third kappa shape index (κ3) is 8.12. The molecule has 0 fully saturated rings. The summed E-state index contributed by atoms with van der Waals surface area (Å²) in [6.45, 7) is 11.9. The van der Waals surface area contributed by atoms with Crippen LogP contribution in [0.5, 0.6) is 0 Å². The molecule has 0 amide bonds. The van der Waals surface area contributed by atoms with Crippen molar-refractivity contribution in [3.05, 3.63) is 0 Å². The minimum atomic E-state index is 0.208. The van der Waals surface area contributed by atoms with Crippen molar-refractivity contribution < 1.29 is 9.47 Å². The summed E-state index contributed by atoms with van der Waals surface area (Å²) in [5.74, 6) is 0. The third-order valence-corrected chi connectivity index (χ3v) is 2.94. The first-order valence-corrected chi connectivity index (χ1v) is 6.84. The van der Waals surface area contributed by atoms with Crippen molar-refractivity contribution in [2.24, 2.45) is 5.41 Å². The van der Waals surface area contributed by atoms with Gasteiger partial charge in [-0.1, -0.05) is 39.5 Å². The van der Waals surface area contributed by atoms with Crippen LogP contribution in [0.4, 0.5) is 0 Å². The Balaban J connectivity index is 3.86. The van der Waals surface area contributed by atoms with Crippen LogP contribution >= 0.6 is 0 Å². The summed E-state index contributed by atoms with van der Waals surface area (Å²) >= 11 is 0. The van der Waals surface area contributed by atoms with E-state index in [2.05, 4.69) is 27.7 Å². The smallest absolute Gasteiger partial charge is 0.0541 e. The Kier molecular flexibility index (Phi) is 10.0. The molecule has 0 aromatic rings. The second kappa shape index (κ2) is 10.1. The van der Waals surface area contributed by atoms with E-state index in [1.807, 2.05) is 0 Å². The summed E-state index contributed by atoms with van der Waals surface area (Å²) in [6.07, 6.45) is 6.49. The zero-order valence-electron chi connectivity index (χ0n) is 11.7. The largest absolute Gasteiger partial charge is 0.381 e. The summed E-state index contributed by atoms with van der Waals surface area (Å²) in [4.78, 5) is 0. The first-order valence-electron chi connectivity index (χ1n) is 6.84. The zero-order valence-corrected chi connectivity index (χ0v) is 11.7. The fourth-order valence-electron chi connectivity index (χ4n) is 1.86. The normalized spacial score (nSPS) is 12.0. The Morgan fingerprint density at radius 3 is 1.81 bits per heavy atom. The van der Waals surface area contributed by atoms with Crippen molar-refractivity contribution >= 4 is 0 Å². The molecule has 0 rings (SSSR count). The fourth-order valence-corrected chi connectivity index (χ4v) is 1.86. The molecule has 0 N–H and O–H groups in total. The average molecular weight is 230 g/mol. The molecular formula is C14H30O2. The van der Waals surface area contributed by atoms with Crippen LogP contribution in [0, 0.1) is 5.41 Å². The lowest BCUT2D eigenvalue weighted by Gasteiger charge is -2.29. The van der Waals surface area contributed by atoms with Crippen molar-refractivity contribution in [1.82, 2.24) is 0 Å². The molecule has 0 saturated heterocycles. The van der Waals surface area contributed by atoms with Crippen LogP contribution in [0.15, 0.2) is 0 Å². The van der Waals surface area contributed by atoms with Gasteiger partial charge < -0.3 is 9.47 Å². The van der Waals surface area contributed by atoms with Crippen molar-refractivity contribution in [3.63, 3.8) is 0 Å². The van der Waals surface area contributed by atoms with Crippen molar-refractivity contribution in [2.75, 3.05) is 26.4 Å². The van der Waals surface area contributed by atoms with E-state index in [9.17, 15) is 0 Å². The second-order valence-corrected chi connectivity index (χ2v) is 4.90. The highest BCUT2D eigenvalue weighted by molar-refractivity contribution is 4.73. The molecular weight excluding hydrogens is 200 g/mol. The number of ether oxygens (including phenoxy) is 2. The molecule has 0 aliphatic heterocycles. The molecule has 0 aliphatic rings. The second-order valence-electron chi connectivity index (χ2n) is 4.90. The summed E-state index contributed by atoms with van der Waals surface area (Å²) in [5.41, 5.74) is 0.208. The molecule has 0 atom stereocenters. The topological polar surface area (TPSA) is 18.5 Å². The Labute approximate surface area is 102 Å². The molecule has 2 nitrogen and oxygen atoms in total. The summed E-state index contributed by atoms with van der Waals surface area (Å²) in [6, 6.07) is 0. The molecule has 0 spiro atoms. The maximum atomic E-state index is 5.57. The van der Waals surface area contributed by atoms with E-state index in [0.29, 0.717) is 0 Å². The number of hydrogen-bond donors (Lipinski definition) is 0. The molecule has 98 valence electrons. The standard InChI is InChI=1S/C14H30O2/c1-5-8-9-10-11-14(4,12-15-6-2)13-16-7-3/h5-13H2,1-4H3. The van der Waals surface area contributed by atoms with Gasteiger partial charge in [-0.15, -0.1) is 0 Å². The van der Waals surface area contributed by atoms with Gasteiger partial charge in [-0.05, 0) is 20.3 Å². The highest BCUT2D eigenvalue weighted by atomic mass is 16.5. The third-order valence-electron chi connectivity index (χ3n) is 2.94. The minimum Gasteiger partial charge on any atom is -0.381 e. The van der Waals surface area contributed by atoms with Gasteiger partial charge >= 0.3 is 0 Å². The Morgan fingerprint density at radius 2 is 1.38 bits per heavy atom. The molecule has 0 bridgehead atoms. The summed E-state index contributed by atoms with van der Waals surface area (Å²) in [7, 11) is 0. The SMILES string of the molecule is CCCCCCC(C)(COCC)COCC. The molecule has 0 aromatic carbocycles. The number of hydrogen-bond acceptors (Lipinski definition) is 2. The van der Waals surface area contributed by atoms with E-state index in [4.69, 9.17) is 9.47 Å². The van der Waals surface area contributed by atoms with Crippen LogP contribution in [0.2, 0.25) is 0 Å². The van der Waals surface area contributed by atoms with E-state index in [1.165, 1.54) is 32.1 Å². The van der Waals surface area contributed by atoms with Gasteiger partial charge in [-0.2, -0.15) is 0 Å². The van der Waals surface area contributed by atoms with Gasteiger partial charge in [0.25, 0.3) is 0 Å². The molecule has 0 unspecified atom stereocenters. The van der Waals surface area contributed by atoms with Crippen LogP contribution in [0.1, 0.15) is 59.8 Å². The predicted octanol–water partition coefficient (Wildman–Crippen LogP) is 4.04. The maximum absolute atomic E-state index is 5.57. The summed E-state index contributed by atoms with van der Waals surface area (Å²) in [5, 5.41) is 0. The average Bonchev–Trinajstić information content (AvgIpc) is 2.30. The van der Waals surface area contributed by atoms with Crippen molar-refractivity contribution in [2.45, 2.75) is 59.8 Å². The molecule has 0 aliphatic carbocycles. The van der Waals surface area contributed by atoms with Crippen LogP contribution in [0.25, 0.3) is 0 Å². The van der Waals surface area contributed by atoms with E-state index in [1.54, 1.807) is 0 Å². The van der Waals surface area contributed by atoms with Gasteiger partial charge in [-0.25, -0.2) is 0 Å². The Bertz CT molecular complexity index is 138. The molecule has 0 aromatic heterocycles. The number of rotatable bonds is 11. The van der Waals surface area contributed by atoms with Crippen molar-refractivity contribution in [1.29, 1.82) is 0 Å². The van der Waals surface area contributed by atoms with Gasteiger partial charge in [0, 0.05) is 18.6 Å². The molecule has 0 heterocycles. The highest BCUT2D eigenvalue weighted by Crippen LogP contribution is 2.25. The maximum Gasteiger partial charge on any atom is 0.0541 e. The molecule has 16 heavy (non-hydrogen) atoms. The van der Waals surface area contributed by atoms with Crippen LogP contribution in [0.3, 0.4) is 0 Å².